The molecule has 144 valence electrons. The Balaban J connectivity index is 1.56. The Morgan fingerprint density at radius 3 is 2.67 bits per heavy atom. The molecule has 0 radical (unpaired) electrons. The van der Waals surface area contributed by atoms with Gasteiger partial charge in [-0.15, -0.1) is 0 Å². The normalized spacial score (nSPS) is 16.6. The largest absolute Gasteiger partial charge is 0.479 e. The van der Waals surface area contributed by atoms with E-state index in [4.69, 9.17) is 9.84 Å². The third-order valence-corrected chi connectivity index (χ3v) is 4.91. The van der Waals surface area contributed by atoms with Gasteiger partial charge in [0.25, 0.3) is 0 Å². The molecule has 1 aliphatic rings. The average molecular weight is 369 g/mol. The van der Waals surface area contributed by atoms with E-state index in [0.29, 0.717) is 5.75 Å². The maximum Gasteiger partial charge on any atom is 0.344 e. The van der Waals surface area contributed by atoms with E-state index in [0.717, 1.165) is 39.1 Å². The van der Waals surface area contributed by atoms with Gasteiger partial charge in [0.05, 0.1) is 0 Å². The molecule has 27 heavy (non-hydrogen) atoms. The summed E-state index contributed by atoms with van der Waals surface area (Å²) in [4.78, 5) is 20.0. The molecule has 1 atom stereocenters. The number of aromatic nitrogens is 1. The number of anilines is 1. The van der Waals surface area contributed by atoms with E-state index in [1.54, 1.807) is 0 Å². The Morgan fingerprint density at radius 2 is 1.96 bits per heavy atom. The van der Waals surface area contributed by atoms with E-state index in [9.17, 15) is 4.79 Å². The first-order valence-corrected chi connectivity index (χ1v) is 9.39. The Kier molecular flexibility index (Phi) is 6.29. The summed E-state index contributed by atoms with van der Waals surface area (Å²) in [5, 5.41) is 8.92. The topological polar surface area (TPSA) is 65.9 Å². The van der Waals surface area contributed by atoms with Crippen molar-refractivity contribution in [3.8, 4) is 5.75 Å². The quantitative estimate of drug-likeness (QED) is 0.845. The van der Waals surface area contributed by atoms with Crippen LogP contribution in [-0.4, -0.2) is 53.2 Å². The van der Waals surface area contributed by atoms with Crippen LogP contribution < -0.4 is 9.64 Å². The first kappa shape index (κ1) is 19.2. The summed E-state index contributed by atoms with van der Waals surface area (Å²) in [6.07, 6.45) is 4.07. The van der Waals surface area contributed by atoms with Crippen LogP contribution in [0.5, 0.6) is 5.75 Å². The van der Waals surface area contributed by atoms with Crippen LogP contribution in [-0.2, 0) is 11.3 Å². The lowest BCUT2D eigenvalue weighted by molar-refractivity contribution is -0.144. The Hall–Kier alpha value is -2.60. The number of aryl methyl sites for hydroxylation is 1. The minimum atomic E-state index is -0.961. The minimum Gasteiger partial charge on any atom is -0.479 e. The van der Waals surface area contributed by atoms with Crippen molar-refractivity contribution >= 4 is 11.7 Å². The molecule has 1 aliphatic heterocycles. The molecule has 0 amide bonds. The Labute approximate surface area is 160 Å². The molecule has 3 rings (SSSR count). The van der Waals surface area contributed by atoms with Crippen molar-refractivity contribution in [1.82, 2.24) is 9.88 Å². The monoisotopic (exact) mass is 369 g/mol. The molecule has 0 spiro atoms. The van der Waals surface area contributed by atoms with Crippen LogP contribution >= 0.6 is 0 Å². The van der Waals surface area contributed by atoms with Gasteiger partial charge < -0.3 is 14.7 Å². The average Bonchev–Trinajstić information content (AvgIpc) is 2.89. The van der Waals surface area contributed by atoms with E-state index in [-0.39, 0.29) is 0 Å². The minimum absolute atomic E-state index is 0.587. The predicted octanol–water partition coefficient (Wildman–Crippen LogP) is 2.95. The molecule has 1 N–H and O–H groups in total. The van der Waals surface area contributed by atoms with Crippen LogP contribution in [0.25, 0.3) is 0 Å². The summed E-state index contributed by atoms with van der Waals surface area (Å²) in [6.45, 7) is 8.66. The lowest BCUT2D eigenvalue weighted by atomic mass is 10.2. The molecule has 1 saturated heterocycles. The number of hydrogen-bond donors (Lipinski definition) is 1. The number of rotatable bonds is 6. The fourth-order valence-electron chi connectivity index (χ4n) is 3.38. The SMILES string of the molecule is Cc1cnccc1N1CCCN(Cc2ccc(O[C@@H](C)C(=O)O)cc2)CC1. The number of hydrogen-bond acceptors (Lipinski definition) is 5. The second kappa shape index (κ2) is 8.86. The number of ether oxygens (including phenoxy) is 1. The number of carboxylic acids is 1. The van der Waals surface area contributed by atoms with E-state index in [1.807, 2.05) is 36.7 Å². The van der Waals surface area contributed by atoms with E-state index >= 15 is 0 Å². The molecule has 6 nitrogen and oxygen atoms in total. The van der Waals surface area contributed by atoms with Gasteiger partial charge >= 0.3 is 5.97 Å². The molecule has 0 unspecified atom stereocenters. The zero-order valence-electron chi connectivity index (χ0n) is 16.0. The number of pyridine rings is 1. The molecule has 0 saturated carbocycles. The van der Waals surface area contributed by atoms with Crippen molar-refractivity contribution in [3.05, 3.63) is 53.9 Å². The second-order valence-electron chi connectivity index (χ2n) is 7.02. The van der Waals surface area contributed by atoms with Crippen LogP contribution in [0.1, 0.15) is 24.5 Å². The predicted molar refractivity (Wildman–Crippen MR) is 105 cm³/mol. The van der Waals surface area contributed by atoms with E-state index < -0.39 is 12.1 Å². The fraction of sp³-hybridized carbons (Fsp3) is 0.429. The molecular formula is C21H27N3O3. The zero-order chi connectivity index (χ0) is 19.2. The van der Waals surface area contributed by atoms with E-state index in [1.165, 1.54) is 23.7 Å². The molecule has 6 heteroatoms. The van der Waals surface area contributed by atoms with Crippen LogP contribution in [0.2, 0.25) is 0 Å². The second-order valence-corrected chi connectivity index (χ2v) is 7.02. The lowest BCUT2D eigenvalue weighted by Crippen LogP contribution is -2.30. The standard InChI is InChI=1S/C21H27N3O3/c1-16-14-22-9-8-20(16)24-11-3-10-23(12-13-24)15-18-4-6-19(7-5-18)27-17(2)21(25)26/h4-9,14,17H,3,10-13,15H2,1-2H3,(H,25,26)/t17-/m0/s1. The summed E-state index contributed by atoms with van der Waals surface area (Å²) in [5.41, 5.74) is 3.71. The molecular weight excluding hydrogens is 342 g/mol. The maximum atomic E-state index is 10.9. The van der Waals surface area contributed by atoms with Gasteiger partial charge in [0.2, 0.25) is 0 Å². The van der Waals surface area contributed by atoms with Crippen LogP contribution in [0.15, 0.2) is 42.7 Å². The number of carboxylic acid groups (broad SMARTS) is 1. The van der Waals surface area contributed by atoms with E-state index in [2.05, 4.69) is 27.8 Å². The highest BCUT2D eigenvalue weighted by Crippen LogP contribution is 2.21. The summed E-state index contributed by atoms with van der Waals surface area (Å²) in [7, 11) is 0. The van der Waals surface area contributed by atoms with Gasteiger partial charge in [0.15, 0.2) is 6.10 Å². The molecule has 2 aromatic rings. The van der Waals surface area contributed by atoms with Gasteiger partial charge in [-0.1, -0.05) is 12.1 Å². The molecule has 1 aromatic carbocycles. The maximum absolute atomic E-state index is 10.9. The van der Waals surface area contributed by atoms with Crippen molar-refractivity contribution in [1.29, 1.82) is 0 Å². The van der Waals surface area contributed by atoms with Gasteiger partial charge in [-0.05, 0) is 49.6 Å². The highest BCUT2D eigenvalue weighted by atomic mass is 16.5. The zero-order valence-corrected chi connectivity index (χ0v) is 16.0. The molecule has 1 fully saturated rings. The molecule has 0 bridgehead atoms. The molecule has 0 aliphatic carbocycles. The first-order chi connectivity index (χ1) is 13.0. The lowest BCUT2D eigenvalue weighted by Gasteiger charge is -2.25. The highest BCUT2D eigenvalue weighted by Gasteiger charge is 2.17. The van der Waals surface area contributed by atoms with Crippen LogP contribution in [0.3, 0.4) is 0 Å². The number of benzene rings is 1. The smallest absolute Gasteiger partial charge is 0.344 e. The summed E-state index contributed by atoms with van der Waals surface area (Å²) in [6, 6.07) is 9.82. The molecule has 2 heterocycles. The van der Waals surface area contributed by atoms with Gasteiger partial charge in [0, 0.05) is 50.8 Å². The third kappa shape index (κ3) is 5.20. The summed E-state index contributed by atoms with van der Waals surface area (Å²) >= 11 is 0. The van der Waals surface area contributed by atoms with Crippen molar-refractivity contribution in [2.24, 2.45) is 0 Å². The van der Waals surface area contributed by atoms with Crippen molar-refractivity contribution in [2.45, 2.75) is 32.9 Å². The molecule has 1 aromatic heterocycles. The number of aliphatic carboxylic acids is 1. The van der Waals surface area contributed by atoms with Gasteiger partial charge in [-0.2, -0.15) is 0 Å². The summed E-state index contributed by atoms with van der Waals surface area (Å²) < 4.78 is 5.39. The van der Waals surface area contributed by atoms with Gasteiger partial charge in [-0.3, -0.25) is 9.88 Å². The van der Waals surface area contributed by atoms with Crippen molar-refractivity contribution < 1.29 is 14.6 Å². The van der Waals surface area contributed by atoms with Crippen LogP contribution in [0.4, 0.5) is 5.69 Å². The third-order valence-electron chi connectivity index (χ3n) is 4.91. The Bertz CT molecular complexity index is 764. The Morgan fingerprint density at radius 1 is 1.19 bits per heavy atom. The fourth-order valence-corrected chi connectivity index (χ4v) is 3.38. The summed E-state index contributed by atoms with van der Waals surface area (Å²) in [5.74, 6) is -0.374. The van der Waals surface area contributed by atoms with Crippen molar-refractivity contribution in [3.63, 3.8) is 0 Å². The van der Waals surface area contributed by atoms with Crippen molar-refractivity contribution in [2.75, 3.05) is 31.1 Å². The highest BCUT2D eigenvalue weighted by molar-refractivity contribution is 5.72. The first-order valence-electron chi connectivity index (χ1n) is 9.39. The number of nitrogens with zero attached hydrogens (tertiary/aromatic N) is 3. The van der Waals surface area contributed by atoms with Gasteiger partial charge in [0.1, 0.15) is 5.75 Å². The van der Waals surface area contributed by atoms with Gasteiger partial charge in [-0.25, -0.2) is 4.79 Å². The van der Waals surface area contributed by atoms with Crippen LogP contribution in [0, 0.1) is 6.92 Å². The number of carbonyl (C=O) groups is 1.